The Bertz CT molecular complexity index is 818. The number of thiazole rings is 1. The van der Waals surface area contributed by atoms with E-state index in [-0.39, 0.29) is 0 Å². The number of carboxylic acid groups (broad SMARTS) is 1. The molecular formula is C19H24N2O2S2. The van der Waals surface area contributed by atoms with Gasteiger partial charge in [0, 0.05) is 11.4 Å². The maximum Gasteiger partial charge on any atom is 0.347 e. The maximum atomic E-state index is 11.2. The summed E-state index contributed by atoms with van der Waals surface area (Å²) in [5.41, 5.74) is 3.42. The maximum absolute atomic E-state index is 11.2. The van der Waals surface area contributed by atoms with Crippen molar-refractivity contribution in [3.63, 3.8) is 0 Å². The predicted octanol–water partition coefficient (Wildman–Crippen LogP) is 5.45. The van der Waals surface area contributed by atoms with Crippen LogP contribution in [0.4, 0.5) is 10.1 Å². The average Bonchev–Trinajstić information content (AvgIpc) is 3.16. The zero-order chi connectivity index (χ0) is 17.8. The highest BCUT2D eigenvalue weighted by atomic mass is 32.1. The highest BCUT2D eigenvalue weighted by Crippen LogP contribution is 2.54. The molecular weight excluding hydrogens is 352 g/mol. The minimum absolute atomic E-state index is 0.307. The van der Waals surface area contributed by atoms with Crippen LogP contribution >= 0.6 is 22.7 Å². The largest absolute Gasteiger partial charge is 0.477 e. The first-order valence-corrected chi connectivity index (χ1v) is 10.6. The monoisotopic (exact) mass is 376 g/mol. The van der Waals surface area contributed by atoms with Gasteiger partial charge in [-0.3, -0.25) is 0 Å². The summed E-state index contributed by atoms with van der Waals surface area (Å²) in [6.45, 7) is 7.65. The van der Waals surface area contributed by atoms with E-state index in [2.05, 4.69) is 30.7 Å². The van der Waals surface area contributed by atoms with Crippen LogP contribution in [0.25, 0.3) is 0 Å². The number of hydrogen-bond acceptors (Lipinski definition) is 5. The first-order chi connectivity index (χ1) is 11.9. The number of carboxylic acids is 1. The van der Waals surface area contributed by atoms with Gasteiger partial charge in [0.15, 0.2) is 5.13 Å². The highest BCUT2D eigenvalue weighted by Gasteiger charge is 2.37. The van der Waals surface area contributed by atoms with E-state index in [1.807, 2.05) is 11.3 Å². The second-order valence-corrected chi connectivity index (χ2v) is 9.94. The van der Waals surface area contributed by atoms with Crippen LogP contribution in [0.2, 0.25) is 0 Å². The van der Waals surface area contributed by atoms with Crippen LogP contribution in [-0.4, -0.2) is 22.6 Å². The Morgan fingerprint density at radius 1 is 1.36 bits per heavy atom. The van der Waals surface area contributed by atoms with Gasteiger partial charge in [-0.05, 0) is 61.5 Å². The summed E-state index contributed by atoms with van der Waals surface area (Å²) in [5, 5.41) is 11.3. The average molecular weight is 377 g/mol. The SMILES string of the molecule is CCN(c1ncc(C(=O)O)s1)c1sc(C2CC2)c2c1CC(C)(C)CC2. The van der Waals surface area contributed by atoms with Crippen molar-refractivity contribution in [2.45, 2.75) is 58.8 Å². The van der Waals surface area contributed by atoms with E-state index in [0.717, 1.165) is 24.0 Å². The molecule has 6 heteroatoms. The van der Waals surface area contributed by atoms with Crippen molar-refractivity contribution < 1.29 is 9.90 Å². The van der Waals surface area contributed by atoms with Gasteiger partial charge in [0.05, 0.1) is 6.20 Å². The number of aromatic carboxylic acids is 1. The molecule has 0 bridgehead atoms. The van der Waals surface area contributed by atoms with E-state index in [0.29, 0.717) is 10.3 Å². The van der Waals surface area contributed by atoms with Crippen molar-refractivity contribution >= 4 is 38.8 Å². The molecule has 2 aliphatic rings. The third kappa shape index (κ3) is 3.10. The lowest BCUT2D eigenvalue weighted by Crippen LogP contribution is -2.24. The van der Waals surface area contributed by atoms with Crippen LogP contribution in [0.1, 0.15) is 71.6 Å². The van der Waals surface area contributed by atoms with E-state index in [1.165, 1.54) is 53.8 Å². The fraction of sp³-hybridized carbons (Fsp3) is 0.579. The summed E-state index contributed by atoms with van der Waals surface area (Å²) in [5.74, 6) is -0.133. The Morgan fingerprint density at radius 3 is 2.72 bits per heavy atom. The fourth-order valence-electron chi connectivity index (χ4n) is 3.74. The van der Waals surface area contributed by atoms with Gasteiger partial charge in [0.25, 0.3) is 0 Å². The van der Waals surface area contributed by atoms with Crippen molar-refractivity contribution in [2.24, 2.45) is 5.41 Å². The Morgan fingerprint density at radius 2 is 2.12 bits per heavy atom. The predicted molar refractivity (Wildman–Crippen MR) is 104 cm³/mol. The molecule has 0 unspecified atom stereocenters. The summed E-state index contributed by atoms with van der Waals surface area (Å²) in [6, 6.07) is 0. The molecule has 4 nitrogen and oxygen atoms in total. The second-order valence-electron chi connectivity index (χ2n) is 7.90. The van der Waals surface area contributed by atoms with E-state index < -0.39 is 5.97 Å². The van der Waals surface area contributed by atoms with Crippen molar-refractivity contribution in [2.75, 3.05) is 11.4 Å². The van der Waals surface area contributed by atoms with Crippen molar-refractivity contribution in [1.29, 1.82) is 0 Å². The quantitative estimate of drug-likeness (QED) is 0.753. The van der Waals surface area contributed by atoms with Gasteiger partial charge < -0.3 is 10.0 Å². The molecule has 4 rings (SSSR count). The van der Waals surface area contributed by atoms with Crippen LogP contribution in [0.3, 0.4) is 0 Å². The number of carbonyl (C=O) groups is 1. The molecule has 0 atom stereocenters. The molecule has 2 aliphatic carbocycles. The normalized spacial score (nSPS) is 18.8. The zero-order valence-corrected chi connectivity index (χ0v) is 16.6. The van der Waals surface area contributed by atoms with Crippen LogP contribution in [0.15, 0.2) is 6.20 Å². The van der Waals surface area contributed by atoms with Gasteiger partial charge in [-0.1, -0.05) is 25.2 Å². The fourth-order valence-corrected chi connectivity index (χ4v) is 6.23. The molecule has 2 aromatic rings. The molecule has 2 heterocycles. The van der Waals surface area contributed by atoms with Gasteiger partial charge in [0.2, 0.25) is 0 Å². The Balaban J connectivity index is 1.78. The highest BCUT2D eigenvalue weighted by molar-refractivity contribution is 7.19. The van der Waals surface area contributed by atoms with Crippen LogP contribution in [-0.2, 0) is 12.8 Å². The van der Waals surface area contributed by atoms with Gasteiger partial charge in [-0.2, -0.15) is 0 Å². The molecule has 1 saturated carbocycles. The number of anilines is 2. The van der Waals surface area contributed by atoms with Crippen molar-refractivity contribution in [3.05, 3.63) is 27.1 Å². The molecule has 0 spiro atoms. The summed E-state index contributed by atoms with van der Waals surface area (Å²) < 4.78 is 0. The Kier molecular flexibility index (Phi) is 4.15. The van der Waals surface area contributed by atoms with E-state index in [9.17, 15) is 9.90 Å². The molecule has 1 fully saturated rings. The van der Waals surface area contributed by atoms with Gasteiger partial charge in [-0.25, -0.2) is 9.78 Å². The number of thiophene rings is 1. The molecule has 0 amide bonds. The van der Waals surface area contributed by atoms with E-state index >= 15 is 0 Å². The zero-order valence-electron chi connectivity index (χ0n) is 15.0. The molecule has 134 valence electrons. The number of hydrogen-bond donors (Lipinski definition) is 1. The lowest BCUT2D eigenvalue weighted by molar-refractivity contribution is 0.0702. The van der Waals surface area contributed by atoms with Crippen molar-refractivity contribution in [1.82, 2.24) is 4.98 Å². The van der Waals surface area contributed by atoms with E-state index in [1.54, 1.807) is 10.4 Å². The smallest absolute Gasteiger partial charge is 0.347 e. The van der Waals surface area contributed by atoms with Crippen molar-refractivity contribution in [3.8, 4) is 0 Å². The lowest BCUT2D eigenvalue weighted by Gasteiger charge is -2.32. The minimum Gasteiger partial charge on any atom is -0.477 e. The number of rotatable bonds is 5. The van der Waals surface area contributed by atoms with Crippen LogP contribution in [0, 0.1) is 5.41 Å². The molecule has 25 heavy (non-hydrogen) atoms. The summed E-state index contributed by atoms with van der Waals surface area (Å²) in [6.07, 6.45) is 7.67. The number of fused-ring (bicyclic) bond motifs is 1. The molecule has 1 N–H and O–H groups in total. The van der Waals surface area contributed by atoms with Gasteiger partial charge in [0.1, 0.15) is 9.88 Å². The topological polar surface area (TPSA) is 53.4 Å². The summed E-state index contributed by atoms with van der Waals surface area (Å²) in [7, 11) is 0. The summed E-state index contributed by atoms with van der Waals surface area (Å²) >= 11 is 3.21. The minimum atomic E-state index is -0.896. The number of aromatic nitrogens is 1. The lowest BCUT2D eigenvalue weighted by atomic mass is 9.74. The molecule has 2 aromatic heterocycles. The third-order valence-electron chi connectivity index (χ3n) is 5.28. The Hall–Kier alpha value is -1.40. The number of nitrogens with zero attached hydrogens (tertiary/aromatic N) is 2. The standard InChI is InChI=1S/C19H24N2O2S2/c1-4-21(18-20-10-14(24-18)17(22)23)16-13-9-19(2,3)8-7-12(13)15(25-16)11-5-6-11/h10-11H,4-9H2,1-3H3,(H,22,23). The first-order valence-electron chi connectivity index (χ1n) is 9.00. The third-order valence-corrected chi connectivity index (χ3v) is 7.75. The van der Waals surface area contributed by atoms with Crippen LogP contribution in [0.5, 0.6) is 0 Å². The Labute approximate surface area is 156 Å². The molecule has 0 saturated heterocycles. The van der Waals surface area contributed by atoms with Gasteiger partial charge >= 0.3 is 5.97 Å². The first kappa shape index (κ1) is 17.0. The molecule has 0 aliphatic heterocycles. The molecule has 0 aromatic carbocycles. The summed E-state index contributed by atoms with van der Waals surface area (Å²) in [4.78, 5) is 19.8. The van der Waals surface area contributed by atoms with Gasteiger partial charge in [-0.15, -0.1) is 11.3 Å². The van der Waals surface area contributed by atoms with Crippen LogP contribution < -0.4 is 4.90 Å². The second kappa shape index (κ2) is 6.09. The van der Waals surface area contributed by atoms with E-state index in [4.69, 9.17) is 0 Å². The molecule has 0 radical (unpaired) electrons.